The summed E-state index contributed by atoms with van der Waals surface area (Å²) < 4.78 is 0. The topological polar surface area (TPSA) is 31.4 Å². The molecule has 0 radical (unpaired) electrons. The second kappa shape index (κ2) is 6.71. The third kappa shape index (κ3) is 3.96. The summed E-state index contributed by atoms with van der Waals surface area (Å²) in [5, 5.41) is 3.45. The van der Waals surface area contributed by atoms with Crippen molar-refractivity contribution in [1.29, 1.82) is 0 Å². The minimum absolute atomic E-state index is 0.660. The largest absolute Gasteiger partial charge is 0.385 e. The lowest BCUT2D eigenvalue weighted by Crippen LogP contribution is -2.48. The SMILES string of the molecule is CC(CCNc1ccncc1)N1CCN(C)CC1. The maximum atomic E-state index is 4.02. The Balaban J connectivity index is 1.67. The van der Waals surface area contributed by atoms with Crippen molar-refractivity contribution in [3.8, 4) is 0 Å². The zero-order chi connectivity index (χ0) is 12.8. The summed E-state index contributed by atoms with van der Waals surface area (Å²) in [5.41, 5.74) is 1.16. The van der Waals surface area contributed by atoms with Gasteiger partial charge < -0.3 is 10.2 Å². The molecule has 0 bridgehead atoms. The minimum atomic E-state index is 0.660. The third-order valence-electron chi connectivity index (χ3n) is 3.73. The standard InChI is InChI=1S/C14H24N4/c1-13(18-11-9-17(2)10-12-18)3-8-16-14-4-6-15-7-5-14/h4-7,13H,3,8-12H2,1-2H3,(H,15,16). The van der Waals surface area contributed by atoms with Crippen LogP contribution in [0.25, 0.3) is 0 Å². The van der Waals surface area contributed by atoms with Crippen molar-refractivity contribution in [3.05, 3.63) is 24.5 Å². The molecule has 1 fully saturated rings. The lowest BCUT2D eigenvalue weighted by molar-refractivity contribution is 0.116. The molecular formula is C14H24N4. The molecule has 1 aromatic heterocycles. The van der Waals surface area contributed by atoms with Crippen LogP contribution in [0.3, 0.4) is 0 Å². The van der Waals surface area contributed by atoms with E-state index in [0.29, 0.717) is 6.04 Å². The first-order valence-electron chi connectivity index (χ1n) is 6.82. The molecular weight excluding hydrogens is 224 g/mol. The van der Waals surface area contributed by atoms with Gasteiger partial charge in [0.2, 0.25) is 0 Å². The second-order valence-electron chi connectivity index (χ2n) is 5.14. The highest BCUT2D eigenvalue weighted by molar-refractivity contribution is 5.40. The van der Waals surface area contributed by atoms with Gasteiger partial charge in [-0.3, -0.25) is 9.88 Å². The van der Waals surface area contributed by atoms with Crippen molar-refractivity contribution >= 4 is 5.69 Å². The van der Waals surface area contributed by atoms with Crippen molar-refractivity contribution in [1.82, 2.24) is 14.8 Å². The van der Waals surface area contributed by atoms with Gasteiger partial charge in [0, 0.05) is 56.8 Å². The summed E-state index contributed by atoms with van der Waals surface area (Å²) in [4.78, 5) is 9.01. The molecule has 1 saturated heterocycles. The minimum Gasteiger partial charge on any atom is -0.385 e. The Bertz CT molecular complexity index is 333. The molecule has 4 heteroatoms. The van der Waals surface area contributed by atoms with Crippen molar-refractivity contribution in [3.63, 3.8) is 0 Å². The number of hydrogen-bond donors (Lipinski definition) is 1. The summed E-state index contributed by atoms with van der Waals surface area (Å²) >= 11 is 0. The maximum absolute atomic E-state index is 4.02. The van der Waals surface area contributed by atoms with E-state index in [4.69, 9.17) is 0 Å². The van der Waals surface area contributed by atoms with Crippen molar-refractivity contribution in [2.24, 2.45) is 0 Å². The van der Waals surface area contributed by atoms with Crippen LogP contribution >= 0.6 is 0 Å². The number of anilines is 1. The molecule has 1 atom stereocenters. The van der Waals surface area contributed by atoms with E-state index < -0.39 is 0 Å². The molecule has 18 heavy (non-hydrogen) atoms. The van der Waals surface area contributed by atoms with Gasteiger partial charge in [-0.2, -0.15) is 0 Å². The first kappa shape index (κ1) is 13.3. The molecule has 1 aliphatic heterocycles. The quantitative estimate of drug-likeness (QED) is 0.856. The van der Waals surface area contributed by atoms with Crippen LogP contribution in [0, 0.1) is 0 Å². The van der Waals surface area contributed by atoms with Gasteiger partial charge in [0.25, 0.3) is 0 Å². The highest BCUT2D eigenvalue weighted by atomic mass is 15.3. The number of likely N-dealkylation sites (N-methyl/N-ethyl adjacent to an activating group) is 1. The molecule has 2 heterocycles. The zero-order valence-corrected chi connectivity index (χ0v) is 11.5. The normalized spacial score (nSPS) is 19.7. The predicted molar refractivity (Wildman–Crippen MR) is 75.9 cm³/mol. The molecule has 1 aliphatic rings. The predicted octanol–water partition coefficient (Wildman–Crippen LogP) is 1.52. The van der Waals surface area contributed by atoms with Gasteiger partial charge in [-0.1, -0.05) is 0 Å². The number of hydrogen-bond acceptors (Lipinski definition) is 4. The fourth-order valence-corrected chi connectivity index (χ4v) is 2.34. The fourth-order valence-electron chi connectivity index (χ4n) is 2.34. The van der Waals surface area contributed by atoms with Crippen molar-refractivity contribution in [2.45, 2.75) is 19.4 Å². The number of pyridine rings is 1. The molecule has 4 nitrogen and oxygen atoms in total. The van der Waals surface area contributed by atoms with Gasteiger partial charge >= 0.3 is 0 Å². The summed E-state index contributed by atoms with van der Waals surface area (Å²) in [6, 6.07) is 4.69. The molecule has 0 aromatic carbocycles. The number of piperazine rings is 1. The van der Waals surface area contributed by atoms with Gasteiger partial charge in [0.05, 0.1) is 0 Å². The second-order valence-corrected chi connectivity index (χ2v) is 5.14. The van der Waals surface area contributed by atoms with Gasteiger partial charge in [-0.05, 0) is 32.5 Å². The summed E-state index contributed by atoms with van der Waals surface area (Å²) in [6.07, 6.45) is 4.84. The smallest absolute Gasteiger partial charge is 0.0371 e. The molecule has 100 valence electrons. The number of rotatable bonds is 5. The maximum Gasteiger partial charge on any atom is 0.0371 e. The molecule has 0 spiro atoms. The molecule has 1 N–H and O–H groups in total. The van der Waals surface area contributed by atoms with Crippen LogP contribution < -0.4 is 5.32 Å². The Morgan fingerprint density at radius 3 is 2.56 bits per heavy atom. The average Bonchev–Trinajstić information content (AvgIpc) is 2.40. The van der Waals surface area contributed by atoms with E-state index >= 15 is 0 Å². The third-order valence-corrected chi connectivity index (χ3v) is 3.73. The van der Waals surface area contributed by atoms with Gasteiger partial charge in [-0.25, -0.2) is 0 Å². The number of aromatic nitrogens is 1. The van der Waals surface area contributed by atoms with Crippen LogP contribution in [0.4, 0.5) is 5.69 Å². The lowest BCUT2D eigenvalue weighted by Gasteiger charge is -2.36. The van der Waals surface area contributed by atoms with Gasteiger partial charge in [-0.15, -0.1) is 0 Å². The Morgan fingerprint density at radius 1 is 1.22 bits per heavy atom. The fraction of sp³-hybridized carbons (Fsp3) is 0.643. The monoisotopic (exact) mass is 248 g/mol. The molecule has 0 aliphatic carbocycles. The lowest BCUT2D eigenvalue weighted by atomic mass is 10.1. The molecule has 1 aromatic rings. The van der Waals surface area contributed by atoms with Crippen LogP contribution in [-0.2, 0) is 0 Å². The van der Waals surface area contributed by atoms with Gasteiger partial charge in [0.1, 0.15) is 0 Å². The van der Waals surface area contributed by atoms with Crippen LogP contribution in [0.5, 0.6) is 0 Å². The molecule has 0 saturated carbocycles. The van der Waals surface area contributed by atoms with Crippen LogP contribution in [0.15, 0.2) is 24.5 Å². The Morgan fingerprint density at radius 2 is 1.89 bits per heavy atom. The van der Waals surface area contributed by atoms with E-state index in [0.717, 1.165) is 12.2 Å². The van der Waals surface area contributed by atoms with E-state index in [9.17, 15) is 0 Å². The van der Waals surface area contributed by atoms with E-state index in [2.05, 4.69) is 34.1 Å². The van der Waals surface area contributed by atoms with E-state index in [1.165, 1.54) is 32.6 Å². The average molecular weight is 248 g/mol. The van der Waals surface area contributed by atoms with Crippen LogP contribution in [0.1, 0.15) is 13.3 Å². The first-order valence-corrected chi connectivity index (χ1v) is 6.82. The highest BCUT2D eigenvalue weighted by Gasteiger charge is 2.18. The summed E-state index contributed by atoms with van der Waals surface area (Å²) in [7, 11) is 2.20. The van der Waals surface area contributed by atoms with Gasteiger partial charge in [0.15, 0.2) is 0 Å². The first-order chi connectivity index (χ1) is 8.75. The number of nitrogens with one attached hydrogen (secondary N) is 1. The zero-order valence-electron chi connectivity index (χ0n) is 11.5. The van der Waals surface area contributed by atoms with Crippen molar-refractivity contribution in [2.75, 3.05) is 45.1 Å². The van der Waals surface area contributed by atoms with E-state index in [1.807, 2.05) is 24.5 Å². The Hall–Kier alpha value is -1.13. The molecule has 0 amide bonds. The molecule has 2 rings (SSSR count). The summed E-state index contributed by atoms with van der Waals surface area (Å²) in [6.45, 7) is 8.15. The van der Waals surface area contributed by atoms with E-state index in [1.54, 1.807) is 0 Å². The highest BCUT2D eigenvalue weighted by Crippen LogP contribution is 2.09. The van der Waals surface area contributed by atoms with E-state index in [-0.39, 0.29) is 0 Å². The van der Waals surface area contributed by atoms with Crippen LogP contribution in [0.2, 0.25) is 0 Å². The molecule has 1 unspecified atom stereocenters. The van der Waals surface area contributed by atoms with Crippen LogP contribution in [-0.4, -0.2) is 60.6 Å². The Labute approximate surface area is 110 Å². The number of nitrogens with zero attached hydrogens (tertiary/aromatic N) is 3. The summed E-state index contributed by atoms with van der Waals surface area (Å²) in [5.74, 6) is 0. The van der Waals surface area contributed by atoms with Crippen molar-refractivity contribution < 1.29 is 0 Å². The Kier molecular flexibility index (Phi) is 4.96.